The van der Waals surface area contributed by atoms with Gasteiger partial charge in [0.2, 0.25) is 17.7 Å². The zero-order chi connectivity index (χ0) is 27.5. The normalized spacial score (nSPS) is 11.4. The number of hydrogen-bond donors (Lipinski definition) is 2. The molecule has 200 valence electrons. The summed E-state index contributed by atoms with van der Waals surface area (Å²) in [6, 6.07) is 18.2. The molecular formula is C28H28F2IN3O4. The molecule has 2 N–H and O–H groups in total. The minimum Gasteiger partial charge on any atom is -0.494 e. The summed E-state index contributed by atoms with van der Waals surface area (Å²) in [5.41, 5.74) is 0.738. The molecule has 0 aromatic heterocycles. The van der Waals surface area contributed by atoms with Crippen LogP contribution in [0.3, 0.4) is 0 Å². The van der Waals surface area contributed by atoms with Gasteiger partial charge in [0.15, 0.2) is 0 Å². The van der Waals surface area contributed by atoms with Crippen LogP contribution in [0.1, 0.15) is 18.9 Å². The predicted octanol–water partition coefficient (Wildman–Crippen LogP) is 4.55. The van der Waals surface area contributed by atoms with E-state index in [0.29, 0.717) is 30.5 Å². The number of nitrogens with zero attached hydrogens (tertiary/aromatic N) is 1. The Balaban J connectivity index is 1.60. The van der Waals surface area contributed by atoms with Crippen LogP contribution >= 0.6 is 22.6 Å². The van der Waals surface area contributed by atoms with Crippen molar-refractivity contribution in [3.8, 4) is 5.75 Å². The number of ether oxygens (including phenoxy) is 1. The van der Waals surface area contributed by atoms with Crippen molar-refractivity contribution in [1.29, 1.82) is 0 Å². The summed E-state index contributed by atoms with van der Waals surface area (Å²) in [5.74, 6) is -2.33. The van der Waals surface area contributed by atoms with E-state index in [1.54, 1.807) is 24.3 Å². The van der Waals surface area contributed by atoms with Crippen molar-refractivity contribution in [2.75, 3.05) is 25.0 Å². The van der Waals surface area contributed by atoms with Crippen LogP contribution < -0.4 is 15.4 Å². The zero-order valence-electron chi connectivity index (χ0n) is 20.8. The maximum absolute atomic E-state index is 13.4. The first-order valence-corrected chi connectivity index (χ1v) is 13.0. The van der Waals surface area contributed by atoms with E-state index >= 15 is 0 Å². The van der Waals surface area contributed by atoms with E-state index in [-0.39, 0.29) is 25.1 Å². The number of halogens is 3. The minimum absolute atomic E-state index is 0.145. The van der Waals surface area contributed by atoms with Crippen molar-refractivity contribution in [3.63, 3.8) is 0 Å². The minimum atomic E-state index is -0.970. The number of nitrogens with one attached hydrogen (secondary N) is 2. The molecule has 0 aliphatic carbocycles. The highest BCUT2D eigenvalue weighted by Gasteiger charge is 2.24. The highest BCUT2D eigenvalue weighted by atomic mass is 127. The van der Waals surface area contributed by atoms with Crippen LogP contribution in [0.15, 0.2) is 72.8 Å². The Morgan fingerprint density at radius 2 is 1.61 bits per heavy atom. The van der Waals surface area contributed by atoms with Crippen LogP contribution in [-0.4, -0.2) is 48.4 Å². The Bertz CT molecular complexity index is 1220. The van der Waals surface area contributed by atoms with Crippen molar-refractivity contribution in [3.05, 3.63) is 93.6 Å². The first kappa shape index (κ1) is 29.0. The Morgan fingerprint density at radius 3 is 2.26 bits per heavy atom. The fourth-order valence-corrected chi connectivity index (χ4v) is 4.02. The Hall–Kier alpha value is -3.54. The van der Waals surface area contributed by atoms with E-state index < -0.39 is 35.4 Å². The lowest BCUT2D eigenvalue weighted by atomic mass is 10.1. The van der Waals surface area contributed by atoms with Crippen LogP contribution in [0.2, 0.25) is 0 Å². The molecule has 0 unspecified atom stereocenters. The van der Waals surface area contributed by atoms with Crippen LogP contribution in [0.4, 0.5) is 14.5 Å². The molecule has 0 aliphatic heterocycles. The Kier molecular flexibility index (Phi) is 11.0. The van der Waals surface area contributed by atoms with Crippen molar-refractivity contribution in [2.24, 2.45) is 0 Å². The number of para-hydroxylation sites is 1. The summed E-state index contributed by atoms with van der Waals surface area (Å²) in [4.78, 5) is 39.7. The highest BCUT2D eigenvalue weighted by molar-refractivity contribution is 14.1. The molecule has 0 spiro atoms. The molecule has 0 saturated heterocycles. The zero-order valence-corrected chi connectivity index (χ0v) is 22.9. The molecule has 0 radical (unpaired) electrons. The van der Waals surface area contributed by atoms with E-state index in [1.807, 2.05) is 30.3 Å². The third-order valence-electron chi connectivity index (χ3n) is 5.39. The summed E-state index contributed by atoms with van der Waals surface area (Å²) >= 11 is 2.20. The van der Waals surface area contributed by atoms with E-state index in [2.05, 4.69) is 33.2 Å². The first-order valence-electron chi connectivity index (χ1n) is 12.0. The molecule has 1 atom stereocenters. The molecule has 0 saturated carbocycles. The lowest BCUT2D eigenvalue weighted by Gasteiger charge is -2.26. The van der Waals surface area contributed by atoms with Crippen LogP contribution in [0.5, 0.6) is 5.75 Å². The second-order valence-corrected chi connectivity index (χ2v) is 9.82. The van der Waals surface area contributed by atoms with Gasteiger partial charge in [-0.1, -0.05) is 18.2 Å². The number of anilines is 1. The lowest BCUT2D eigenvalue weighted by Crippen LogP contribution is -2.49. The summed E-state index contributed by atoms with van der Waals surface area (Å²) in [6.07, 6.45) is 0.143. The van der Waals surface area contributed by atoms with Gasteiger partial charge in [-0.25, -0.2) is 8.78 Å². The standard InChI is InChI=1S/C28H28F2IN3O4/c1-19(32-26(35)16-20-14-21(29)17-22(30)15-20)28(37)34(18-27(36)33-24-6-3-2-4-7-24)12-5-13-38-25-10-8-23(31)9-11-25/h2-4,6-11,14-15,17,19H,5,12-13,16,18H2,1H3,(H,32,35)(H,33,36)/t19-/m0/s1. The molecule has 0 bridgehead atoms. The topological polar surface area (TPSA) is 87.7 Å². The summed E-state index contributed by atoms with van der Waals surface area (Å²) in [5, 5.41) is 5.30. The van der Waals surface area contributed by atoms with Gasteiger partial charge in [0.1, 0.15) is 23.4 Å². The average molecular weight is 635 g/mol. The molecule has 7 nitrogen and oxygen atoms in total. The summed E-state index contributed by atoms with van der Waals surface area (Å²) in [6.45, 7) is 1.79. The van der Waals surface area contributed by atoms with Gasteiger partial charge in [0.25, 0.3) is 0 Å². The predicted molar refractivity (Wildman–Crippen MR) is 149 cm³/mol. The molecule has 3 rings (SSSR count). The smallest absolute Gasteiger partial charge is 0.245 e. The van der Waals surface area contributed by atoms with Gasteiger partial charge in [-0.2, -0.15) is 0 Å². The van der Waals surface area contributed by atoms with Crippen molar-refractivity contribution in [1.82, 2.24) is 10.2 Å². The second kappa shape index (κ2) is 14.4. The maximum atomic E-state index is 13.4. The SMILES string of the molecule is C[C@H](NC(=O)Cc1cc(F)cc(F)c1)C(=O)N(CCCOc1ccc(I)cc1)CC(=O)Nc1ccccc1. The van der Waals surface area contributed by atoms with Gasteiger partial charge >= 0.3 is 0 Å². The third-order valence-corrected chi connectivity index (χ3v) is 6.11. The van der Waals surface area contributed by atoms with E-state index in [9.17, 15) is 23.2 Å². The van der Waals surface area contributed by atoms with Gasteiger partial charge in [-0.15, -0.1) is 0 Å². The number of benzene rings is 3. The maximum Gasteiger partial charge on any atom is 0.245 e. The van der Waals surface area contributed by atoms with Crippen LogP contribution in [0, 0.1) is 15.2 Å². The Labute approximate surface area is 233 Å². The molecule has 0 heterocycles. The van der Waals surface area contributed by atoms with Gasteiger partial charge < -0.3 is 20.3 Å². The number of hydrogen-bond acceptors (Lipinski definition) is 4. The van der Waals surface area contributed by atoms with Crippen molar-refractivity contribution in [2.45, 2.75) is 25.8 Å². The number of carbonyl (C=O) groups excluding carboxylic acids is 3. The summed E-state index contributed by atoms with van der Waals surface area (Å²) < 4.78 is 33.7. The molecule has 3 amide bonds. The molecule has 38 heavy (non-hydrogen) atoms. The molecule has 0 fully saturated rings. The van der Waals surface area contributed by atoms with Crippen molar-refractivity contribution < 1.29 is 27.9 Å². The number of rotatable bonds is 12. The molecule has 3 aromatic carbocycles. The monoisotopic (exact) mass is 635 g/mol. The van der Waals surface area contributed by atoms with Gasteiger partial charge in [-0.05, 0) is 90.0 Å². The van der Waals surface area contributed by atoms with E-state index in [1.165, 1.54) is 11.8 Å². The fraction of sp³-hybridized carbons (Fsp3) is 0.250. The largest absolute Gasteiger partial charge is 0.494 e. The molecule has 3 aromatic rings. The number of amides is 3. The van der Waals surface area contributed by atoms with E-state index in [4.69, 9.17) is 4.74 Å². The first-order chi connectivity index (χ1) is 18.2. The second-order valence-electron chi connectivity index (χ2n) is 8.57. The molecule has 10 heteroatoms. The average Bonchev–Trinajstić information content (AvgIpc) is 2.86. The van der Waals surface area contributed by atoms with E-state index in [0.717, 1.165) is 15.7 Å². The number of carbonyl (C=O) groups is 3. The van der Waals surface area contributed by atoms with Gasteiger partial charge in [0.05, 0.1) is 19.6 Å². The van der Waals surface area contributed by atoms with Gasteiger partial charge in [-0.3, -0.25) is 14.4 Å². The molecular weight excluding hydrogens is 607 g/mol. The quantitative estimate of drug-likeness (QED) is 0.226. The van der Waals surface area contributed by atoms with Crippen LogP contribution in [0.25, 0.3) is 0 Å². The van der Waals surface area contributed by atoms with Gasteiger partial charge in [0, 0.05) is 21.9 Å². The fourth-order valence-electron chi connectivity index (χ4n) is 3.67. The highest BCUT2D eigenvalue weighted by Crippen LogP contribution is 2.14. The molecule has 0 aliphatic rings. The third kappa shape index (κ3) is 9.73. The van der Waals surface area contributed by atoms with Crippen LogP contribution in [-0.2, 0) is 20.8 Å². The van der Waals surface area contributed by atoms with Crippen molar-refractivity contribution >= 4 is 46.0 Å². The Morgan fingerprint density at radius 1 is 0.947 bits per heavy atom. The lowest BCUT2D eigenvalue weighted by molar-refractivity contribution is -0.138. The summed E-state index contributed by atoms with van der Waals surface area (Å²) in [7, 11) is 0.